The number of esters is 1. The minimum atomic E-state index is -0.507. The predicted molar refractivity (Wildman–Crippen MR) is 82.9 cm³/mol. The third-order valence-electron chi connectivity index (χ3n) is 2.79. The van der Waals surface area contributed by atoms with Crippen LogP contribution in [0.1, 0.15) is 17.3 Å². The summed E-state index contributed by atoms with van der Waals surface area (Å²) in [5.41, 5.74) is 0.555. The third kappa shape index (κ3) is 3.03. The van der Waals surface area contributed by atoms with Crippen molar-refractivity contribution in [3.05, 3.63) is 46.4 Å². The maximum absolute atomic E-state index is 12.3. The summed E-state index contributed by atoms with van der Waals surface area (Å²) in [7, 11) is 1.39. The SMILES string of the molecule is CCOC(=O)c1cc(NC(=S)OC)c(=O)n2ccccc12. The minimum absolute atomic E-state index is 0.0396. The highest BCUT2D eigenvalue weighted by Crippen LogP contribution is 2.15. The molecule has 0 saturated carbocycles. The number of hydrogen-bond acceptors (Lipinski definition) is 5. The zero-order valence-corrected chi connectivity index (χ0v) is 12.4. The molecule has 0 atom stereocenters. The summed E-state index contributed by atoms with van der Waals surface area (Å²) in [6, 6.07) is 6.53. The fourth-order valence-corrected chi connectivity index (χ4v) is 1.98. The van der Waals surface area contributed by atoms with Crippen molar-refractivity contribution in [1.29, 1.82) is 0 Å². The lowest BCUT2D eigenvalue weighted by Gasteiger charge is -2.11. The summed E-state index contributed by atoms with van der Waals surface area (Å²) in [5.74, 6) is -0.507. The molecular formula is C14H14N2O4S. The molecule has 2 aromatic heterocycles. The van der Waals surface area contributed by atoms with E-state index >= 15 is 0 Å². The van der Waals surface area contributed by atoms with Crippen LogP contribution in [-0.2, 0) is 9.47 Å². The molecular weight excluding hydrogens is 292 g/mol. The Morgan fingerprint density at radius 2 is 2.19 bits per heavy atom. The van der Waals surface area contributed by atoms with Gasteiger partial charge in [0.15, 0.2) is 0 Å². The lowest BCUT2D eigenvalue weighted by atomic mass is 10.2. The van der Waals surface area contributed by atoms with Gasteiger partial charge in [-0.05, 0) is 37.3 Å². The average molecular weight is 306 g/mol. The molecule has 0 aliphatic carbocycles. The number of aromatic nitrogens is 1. The highest BCUT2D eigenvalue weighted by Gasteiger charge is 2.16. The molecule has 7 heteroatoms. The highest BCUT2D eigenvalue weighted by molar-refractivity contribution is 7.80. The number of thiocarbonyl (C=S) groups is 1. The van der Waals surface area contributed by atoms with Gasteiger partial charge in [-0.2, -0.15) is 0 Å². The highest BCUT2D eigenvalue weighted by atomic mass is 32.1. The molecule has 0 radical (unpaired) electrons. The smallest absolute Gasteiger partial charge is 0.340 e. The largest absolute Gasteiger partial charge is 0.474 e. The van der Waals surface area contributed by atoms with E-state index in [9.17, 15) is 9.59 Å². The molecule has 0 fully saturated rings. The molecule has 6 nitrogen and oxygen atoms in total. The molecule has 0 spiro atoms. The van der Waals surface area contributed by atoms with Crippen LogP contribution in [0, 0.1) is 0 Å². The van der Waals surface area contributed by atoms with E-state index in [1.807, 2.05) is 0 Å². The van der Waals surface area contributed by atoms with Gasteiger partial charge in [-0.15, -0.1) is 0 Å². The van der Waals surface area contributed by atoms with Gasteiger partial charge in [0, 0.05) is 6.20 Å². The monoisotopic (exact) mass is 306 g/mol. The molecule has 2 aromatic rings. The molecule has 0 aromatic carbocycles. The van der Waals surface area contributed by atoms with Crippen LogP contribution >= 0.6 is 12.2 Å². The normalized spacial score (nSPS) is 10.2. The lowest BCUT2D eigenvalue weighted by molar-refractivity contribution is 0.0528. The molecule has 0 saturated heterocycles. The van der Waals surface area contributed by atoms with E-state index in [4.69, 9.17) is 21.7 Å². The molecule has 0 aliphatic heterocycles. The summed E-state index contributed by atoms with van der Waals surface area (Å²) >= 11 is 4.88. The van der Waals surface area contributed by atoms with Crippen LogP contribution < -0.4 is 10.9 Å². The minimum Gasteiger partial charge on any atom is -0.474 e. The molecule has 0 bridgehead atoms. The number of methoxy groups -OCH3 is 1. The summed E-state index contributed by atoms with van der Waals surface area (Å²) < 4.78 is 11.2. The van der Waals surface area contributed by atoms with Crippen molar-refractivity contribution < 1.29 is 14.3 Å². The first-order valence-corrected chi connectivity index (χ1v) is 6.65. The van der Waals surface area contributed by atoms with Gasteiger partial charge < -0.3 is 14.8 Å². The molecule has 2 rings (SSSR count). The van der Waals surface area contributed by atoms with E-state index < -0.39 is 5.97 Å². The van der Waals surface area contributed by atoms with Gasteiger partial charge in [0.05, 0.1) is 24.8 Å². The Bertz CT molecular complexity index is 754. The van der Waals surface area contributed by atoms with Crippen LogP contribution in [-0.4, -0.2) is 29.3 Å². The number of carbonyl (C=O) groups excluding carboxylic acids is 1. The van der Waals surface area contributed by atoms with Crippen LogP contribution in [0.25, 0.3) is 5.52 Å². The van der Waals surface area contributed by atoms with Gasteiger partial charge in [0.2, 0.25) is 0 Å². The predicted octanol–water partition coefficient (Wildman–Crippen LogP) is 1.82. The number of nitrogens with one attached hydrogen (secondary N) is 1. The quantitative estimate of drug-likeness (QED) is 0.689. The van der Waals surface area contributed by atoms with E-state index in [1.54, 1.807) is 31.3 Å². The number of ether oxygens (including phenoxy) is 2. The van der Waals surface area contributed by atoms with Gasteiger partial charge in [-0.1, -0.05) is 6.07 Å². The Labute approximate surface area is 126 Å². The van der Waals surface area contributed by atoms with Crippen LogP contribution in [0.5, 0.6) is 0 Å². The number of pyridine rings is 2. The van der Waals surface area contributed by atoms with Gasteiger partial charge in [0.25, 0.3) is 10.7 Å². The number of rotatable bonds is 3. The Morgan fingerprint density at radius 1 is 1.43 bits per heavy atom. The Balaban J connectivity index is 2.66. The Hall–Kier alpha value is -2.41. The van der Waals surface area contributed by atoms with Crippen molar-refractivity contribution in [1.82, 2.24) is 4.40 Å². The van der Waals surface area contributed by atoms with Gasteiger partial charge in [-0.3, -0.25) is 9.20 Å². The van der Waals surface area contributed by atoms with Crippen LogP contribution in [0.3, 0.4) is 0 Å². The fourth-order valence-electron chi connectivity index (χ4n) is 1.87. The number of nitrogens with zero attached hydrogens (tertiary/aromatic N) is 1. The molecule has 0 unspecified atom stereocenters. The van der Waals surface area contributed by atoms with Crippen molar-refractivity contribution in [2.24, 2.45) is 0 Å². The molecule has 110 valence electrons. The third-order valence-corrected chi connectivity index (χ3v) is 3.06. The number of fused-ring (bicyclic) bond motifs is 1. The molecule has 1 N–H and O–H groups in total. The fraction of sp³-hybridized carbons (Fsp3) is 0.214. The number of carbonyl (C=O) groups is 1. The average Bonchev–Trinajstić information content (AvgIpc) is 2.50. The van der Waals surface area contributed by atoms with Gasteiger partial charge in [-0.25, -0.2) is 4.79 Å². The molecule has 0 aliphatic rings. The summed E-state index contributed by atoms with van der Waals surface area (Å²) in [5, 5.41) is 2.70. The van der Waals surface area contributed by atoms with Crippen molar-refractivity contribution >= 4 is 34.6 Å². The Kier molecular flexibility index (Phi) is 4.54. The topological polar surface area (TPSA) is 69.0 Å². The van der Waals surface area contributed by atoms with E-state index in [-0.39, 0.29) is 28.6 Å². The summed E-state index contributed by atoms with van der Waals surface area (Å²) in [6.45, 7) is 1.96. The standard InChI is InChI=1S/C14H14N2O4S/c1-3-20-13(18)9-8-10(15-14(21)19-2)12(17)16-7-5-4-6-11(9)16/h4-8H,3H2,1-2H3,(H,15,21). The molecule has 21 heavy (non-hydrogen) atoms. The van der Waals surface area contributed by atoms with E-state index in [0.717, 1.165) is 0 Å². The second-order valence-corrected chi connectivity index (χ2v) is 4.44. The first kappa shape index (κ1) is 15.0. The van der Waals surface area contributed by atoms with Crippen molar-refractivity contribution in [2.75, 3.05) is 19.0 Å². The zero-order valence-electron chi connectivity index (χ0n) is 11.6. The number of hydrogen-bond donors (Lipinski definition) is 1. The maximum Gasteiger partial charge on any atom is 0.340 e. The molecule has 0 amide bonds. The van der Waals surface area contributed by atoms with Crippen LogP contribution in [0.4, 0.5) is 5.69 Å². The first-order chi connectivity index (χ1) is 10.1. The van der Waals surface area contributed by atoms with Crippen LogP contribution in [0.2, 0.25) is 0 Å². The van der Waals surface area contributed by atoms with E-state index in [2.05, 4.69) is 5.32 Å². The maximum atomic E-state index is 12.3. The number of anilines is 1. The summed E-state index contributed by atoms with van der Waals surface area (Å²) in [4.78, 5) is 24.4. The first-order valence-electron chi connectivity index (χ1n) is 6.25. The van der Waals surface area contributed by atoms with E-state index in [1.165, 1.54) is 17.6 Å². The summed E-state index contributed by atoms with van der Waals surface area (Å²) in [6.07, 6.45) is 1.57. The van der Waals surface area contributed by atoms with Crippen molar-refractivity contribution in [3.8, 4) is 0 Å². The van der Waals surface area contributed by atoms with E-state index in [0.29, 0.717) is 5.52 Å². The second-order valence-electron chi connectivity index (χ2n) is 4.07. The Morgan fingerprint density at radius 3 is 2.86 bits per heavy atom. The lowest BCUT2D eigenvalue weighted by Crippen LogP contribution is -2.24. The van der Waals surface area contributed by atoms with Crippen molar-refractivity contribution in [2.45, 2.75) is 6.92 Å². The molecule has 2 heterocycles. The second kappa shape index (κ2) is 6.36. The van der Waals surface area contributed by atoms with Gasteiger partial charge >= 0.3 is 5.97 Å². The zero-order chi connectivity index (χ0) is 15.4. The van der Waals surface area contributed by atoms with Crippen molar-refractivity contribution in [3.63, 3.8) is 0 Å². The van der Waals surface area contributed by atoms with Gasteiger partial charge in [0.1, 0.15) is 5.69 Å². The van der Waals surface area contributed by atoms with Crippen LogP contribution in [0.15, 0.2) is 35.3 Å².